The number of thioether (sulfide) groups is 1. The number of ether oxygens (including phenoxy) is 1. The Morgan fingerprint density at radius 3 is 2.05 bits per heavy atom. The van der Waals surface area contributed by atoms with Crippen molar-refractivity contribution in [3.05, 3.63) is 71.5 Å². The average Bonchev–Trinajstić information content (AvgIpc) is 2.80. The van der Waals surface area contributed by atoms with Crippen LogP contribution in [0.1, 0.15) is 17.5 Å². The number of benzene rings is 2. The summed E-state index contributed by atoms with van der Waals surface area (Å²) in [6.07, 6.45) is 3.27. The average molecular weight is 280 g/mol. The number of hydrogen-bond donors (Lipinski definition) is 0. The Hall–Kier alpha value is -1.67. The summed E-state index contributed by atoms with van der Waals surface area (Å²) in [5.41, 5.74) is 5.70. The molecule has 0 saturated carbocycles. The SMILES string of the molecule is COC1=CCC2(SC1)c1ccccc1-c1ccccc12. The summed E-state index contributed by atoms with van der Waals surface area (Å²) in [6, 6.07) is 17.7. The fraction of sp³-hybridized carbons (Fsp3) is 0.222. The van der Waals surface area contributed by atoms with Crippen molar-refractivity contribution in [3.8, 4) is 11.1 Å². The smallest absolute Gasteiger partial charge is 0.102 e. The normalized spacial score (nSPS) is 18.4. The maximum atomic E-state index is 5.41. The van der Waals surface area contributed by atoms with Gasteiger partial charge >= 0.3 is 0 Å². The van der Waals surface area contributed by atoms with Crippen molar-refractivity contribution in [2.24, 2.45) is 0 Å². The molecule has 100 valence electrons. The fourth-order valence-corrected chi connectivity index (χ4v) is 4.87. The van der Waals surface area contributed by atoms with Gasteiger partial charge in [-0.3, -0.25) is 0 Å². The topological polar surface area (TPSA) is 9.23 Å². The minimum Gasteiger partial charge on any atom is -0.501 e. The molecule has 1 nitrogen and oxygen atoms in total. The summed E-state index contributed by atoms with van der Waals surface area (Å²) in [6.45, 7) is 0. The van der Waals surface area contributed by atoms with Gasteiger partial charge in [-0.1, -0.05) is 48.5 Å². The van der Waals surface area contributed by atoms with Crippen LogP contribution >= 0.6 is 11.8 Å². The van der Waals surface area contributed by atoms with E-state index in [2.05, 4.69) is 54.6 Å². The highest BCUT2D eigenvalue weighted by molar-refractivity contribution is 8.00. The maximum absolute atomic E-state index is 5.41. The molecule has 0 aromatic heterocycles. The first kappa shape index (κ1) is 12.1. The van der Waals surface area contributed by atoms with E-state index in [-0.39, 0.29) is 4.75 Å². The second-order valence-electron chi connectivity index (χ2n) is 5.29. The molecule has 1 aliphatic heterocycles. The Kier molecular flexibility index (Phi) is 2.67. The van der Waals surface area contributed by atoms with Gasteiger partial charge in [0.15, 0.2) is 0 Å². The van der Waals surface area contributed by atoms with Crippen LogP contribution in [-0.2, 0) is 9.48 Å². The third-order valence-corrected chi connectivity index (χ3v) is 5.88. The van der Waals surface area contributed by atoms with Crippen LogP contribution < -0.4 is 0 Å². The van der Waals surface area contributed by atoms with E-state index in [1.165, 1.54) is 22.3 Å². The largest absolute Gasteiger partial charge is 0.501 e. The summed E-state index contributed by atoms with van der Waals surface area (Å²) in [5, 5.41) is 0. The molecule has 2 heteroatoms. The molecule has 20 heavy (non-hydrogen) atoms. The molecule has 0 radical (unpaired) electrons. The lowest BCUT2D eigenvalue weighted by molar-refractivity contribution is 0.291. The minimum absolute atomic E-state index is 0.0786. The number of rotatable bonds is 1. The molecular weight excluding hydrogens is 264 g/mol. The van der Waals surface area contributed by atoms with E-state index in [0.717, 1.165) is 17.9 Å². The van der Waals surface area contributed by atoms with Gasteiger partial charge in [0.2, 0.25) is 0 Å². The minimum atomic E-state index is 0.0786. The number of hydrogen-bond acceptors (Lipinski definition) is 2. The van der Waals surface area contributed by atoms with E-state index >= 15 is 0 Å². The molecule has 2 aromatic rings. The van der Waals surface area contributed by atoms with Crippen molar-refractivity contribution in [1.29, 1.82) is 0 Å². The molecule has 0 amide bonds. The highest BCUT2D eigenvalue weighted by Crippen LogP contribution is 2.58. The lowest BCUT2D eigenvalue weighted by atomic mass is 9.91. The van der Waals surface area contributed by atoms with Gasteiger partial charge in [0.25, 0.3) is 0 Å². The summed E-state index contributed by atoms with van der Waals surface area (Å²) in [4.78, 5) is 0. The fourth-order valence-electron chi connectivity index (χ4n) is 3.37. The summed E-state index contributed by atoms with van der Waals surface area (Å²) in [5.74, 6) is 2.04. The van der Waals surface area contributed by atoms with Crippen LogP contribution in [0.25, 0.3) is 11.1 Å². The first-order valence-electron chi connectivity index (χ1n) is 6.91. The molecule has 0 atom stereocenters. The molecule has 0 bridgehead atoms. The molecule has 4 rings (SSSR count). The van der Waals surface area contributed by atoms with Gasteiger partial charge in [-0.15, -0.1) is 11.8 Å². The van der Waals surface area contributed by atoms with Gasteiger partial charge < -0.3 is 4.74 Å². The number of allylic oxidation sites excluding steroid dienone is 1. The van der Waals surface area contributed by atoms with E-state index in [1.54, 1.807) is 7.11 Å². The quantitative estimate of drug-likeness (QED) is 0.756. The molecule has 2 aromatic carbocycles. The van der Waals surface area contributed by atoms with Crippen molar-refractivity contribution in [1.82, 2.24) is 0 Å². The van der Waals surface area contributed by atoms with Gasteiger partial charge in [0.1, 0.15) is 5.76 Å². The lowest BCUT2D eigenvalue weighted by Gasteiger charge is -2.34. The van der Waals surface area contributed by atoms with E-state index in [4.69, 9.17) is 4.74 Å². The Labute approximate surface area is 123 Å². The van der Waals surface area contributed by atoms with Gasteiger partial charge in [0, 0.05) is 0 Å². The first-order chi connectivity index (χ1) is 9.85. The van der Waals surface area contributed by atoms with E-state index in [9.17, 15) is 0 Å². The summed E-state index contributed by atoms with van der Waals surface area (Å²) in [7, 11) is 1.76. The van der Waals surface area contributed by atoms with E-state index < -0.39 is 0 Å². The van der Waals surface area contributed by atoms with E-state index in [1.807, 2.05) is 11.8 Å². The lowest BCUT2D eigenvalue weighted by Crippen LogP contribution is -2.24. The third kappa shape index (κ3) is 1.52. The van der Waals surface area contributed by atoms with Crippen LogP contribution in [0.2, 0.25) is 0 Å². The zero-order chi connectivity index (χ0) is 13.6. The monoisotopic (exact) mass is 280 g/mol. The van der Waals surface area contributed by atoms with Gasteiger partial charge in [-0.2, -0.15) is 0 Å². The molecule has 1 aliphatic carbocycles. The van der Waals surface area contributed by atoms with Crippen molar-refractivity contribution < 1.29 is 4.74 Å². The molecule has 0 N–H and O–H groups in total. The highest BCUT2D eigenvalue weighted by Gasteiger charge is 2.44. The van der Waals surface area contributed by atoms with Crippen LogP contribution in [0, 0.1) is 0 Å². The predicted molar refractivity (Wildman–Crippen MR) is 84.8 cm³/mol. The summed E-state index contributed by atoms with van der Waals surface area (Å²) >= 11 is 2.00. The highest BCUT2D eigenvalue weighted by atomic mass is 32.2. The number of methoxy groups -OCH3 is 1. The van der Waals surface area contributed by atoms with Crippen LogP contribution in [0.3, 0.4) is 0 Å². The molecule has 0 unspecified atom stereocenters. The molecule has 1 spiro atoms. The molecule has 0 saturated heterocycles. The van der Waals surface area contributed by atoms with Crippen LogP contribution in [0.4, 0.5) is 0 Å². The molecule has 1 heterocycles. The van der Waals surface area contributed by atoms with Gasteiger partial charge in [-0.25, -0.2) is 0 Å². The Morgan fingerprint density at radius 2 is 1.55 bits per heavy atom. The van der Waals surface area contributed by atoms with Crippen LogP contribution in [-0.4, -0.2) is 12.9 Å². The zero-order valence-electron chi connectivity index (χ0n) is 11.4. The standard InChI is InChI=1S/C18H16OS/c1-19-13-10-11-18(20-12-13)16-8-4-2-6-14(16)15-7-3-5-9-17(15)18/h2-10H,11-12H2,1H3. The Bertz CT molecular complexity index is 657. The third-order valence-electron chi connectivity index (χ3n) is 4.35. The van der Waals surface area contributed by atoms with Crippen molar-refractivity contribution in [3.63, 3.8) is 0 Å². The number of fused-ring (bicyclic) bond motifs is 5. The molecular formula is C18H16OS. The second kappa shape index (κ2) is 4.42. The molecule has 2 aliphatic rings. The maximum Gasteiger partial charge on any atom is 0.102 e. The first-order valence-corrected chi connectivity index (χ1v) is 7.90. The van der Waals surface area contributed by atoms with Gasteiger partial charge in [-0.05, 0) is 34.8 Å². The zero-order valence-corrected chi connectivity index (χ0v) is 12.2. The Balaban J connectivity index is 1.95. The van der Waals surface area contributed by atoms with Crippen molar-refractivity contribution in [2.45, 2.75) is 11.2 Å². The van der Waals surface area contributed by atoms with Crippen molar-refractivity contribution in [2.75, 3.05) is 12.9 Å². The summed E-state index contributed by atoms with van der Waals surface area (Å²) < 4.78 is 5.49. The predicted octanol–water partition coefficient (Wildman–Crippen LogP) is 4.58. The van der Waals surface area contributed by atoms with Crippen molar-refractivity contribution >= 4 is 11.8 Å². The van der Waals surface area contributed by atoms with Gasteiger partial charge in [0.05, 0.1) is 17.6 Å². The van der Waals surface area contributed by atoms with E-state index in [0.29, 0.717) is 0 Å². The van der Waals surface area contributed by atoms with Crippen LogP contribution in [0.15, 0.2) is 60.4 Å². The second-order valence-corrected chi connectivity index (χ2v) is 6.56. The van der Waals surface area contributed by atoms with Crippen LogP contribution in [0.5, 0.6) is 0 Å². The molecule has 0 fully saturated rings. The Morgan fingerprint density at radius 1 is 0.950 bits per heavy atom.